The van der Waals surface area contributed by atoms with Crippen LogP contribution in [0.3, 0.4) is 0 Å². The first-order valence-electron chi connectivity index (χ1n) is 8.41. The number of ether oxygens (including phenoxy) is 1. The number of benzene rings is 1. The van der Waals surface area contributed by atoms with Crippen LogP contribution in [0.5, 0.6) is 5.75 Å². The molecule has 1 atom stereocenters. The Balaban J connectivity index is 1.78. The van der Waals surface area contributed by atoms with E-state index in [4.69, 9.17) is 4.74 Å². The van der Waals surface area contributed by atoms with Gasteiger partial charge in [0.1, 0.15) is 5.75 Å². The Hall–Kier alpha value is -2.54. The number of nitrogens with one attached hydrogen (secondary N) is 1. The van der Waals surface area contributed by atoms with Gasteiger partial charge in [0.15, 0.2) is 0 Å². The topological polar surface area (TPSA) is 73.2 Å². The van der Waals surface area contributed by atoms with Crippen molar-refractivity contribution in [1.82, 2.24) is 9.55 Å². The van der Waals surface area contributed by atoms with Crippen LogP contribution >= 0.6 is 0 Å². The van der Waals surface area contributed by atoms with Gasteiger partial charge in [0.05, 0.1) is 36.3 Å². The summed E-state index contributed by atoms with van der Waals surface area (Å²) in [6.07, 6.45) is 10.3. The summed E-state index contributed by atoms with van der Waals surface area (Å²) in [6, 6.07) is 5.22. The molecule has 0 fully saturated rings. The van der Waals surface area contributed by atoms with Crippen LogP contribution in [0.2, 0.25) is 0 Å². The number of sulfonamides is 1. The lowest BCUT2D eigenvalue weighted by atomic mass is 9.99. The van der Waals surface area contributed by atoms with E-state index in [1.165, 1.54) is 0 Å². The van der Waals surface area contributed by atoms with Gasteiger partial charge in [-0.2, -0.15) is 0 Å². The van der Waals surface area contributed by atoms with Crippen molar-refractivity contribution in [2.75, 3.05) is 17.6 Å². The van der Waals surface area contributed by atoms with E-state index < -0.39 is 10.0 Å². The number of methoxy groups -OCH3 is 1. The standard InChI is InChI=1S/C19H23N3O3S/c1-14-5-4-6-16(9-14)12-26(23,24)21-17-7-8-18(19(10-17)25-3)22-11-15(2)20-13-22/h4-5,7-11,13,16,21H,6,12H2,1-3H3. The second kappa shape index (κ2) is 7.37. The SMILES string of the molecule is COc1cc(NS(=O)(=O)CC2C=C(C)C=CC2)ccc1-n1cnc(C)c1. The van der Waals surface area contributed by atoms with Crippen molar-refractivity contribution >= 4 is 15.7 Å². The van der Waals surface area contributed by atoms with Crippen LogP contribution in [0.1, 0.15) is 19.0 Å². The summed E-state index contributed by atoms with van der Waals surface area (Å²) in [5.41, 5.74) is 3.27. The molecule has 0 bridgehead atoms. The van der Waals surface area contributed by atoms with Crippen molar-refractivity contribution in [2.45, 2.75) is 20.3 Å². The fraction of sp³-hybridized carbons (Fsp3) is 0.316. The lowest BCUT2D eigenvalue weighted by Gasteiger charge is -2.17. The minimum atomic E-state index is -3.46. The molecule has 0 radical (unpaired) electrons. The first-order valence-corrected chi connectivity index (χ1v) is 10.1. The van der Waals surface area contributed by atoms with E-state index in [0.717, 1.165) is 23.4 Å². The summed E-state index contributed by atoms with van der Waals surface area (Å²) in [5, 5.41) is 0. The third-order valence-corrected chi connectivity index (χ3v) is 5.61. The number of hydrogen-bond donors (Lipinski definition) is 1. The van der Waals surface area contributed by atoms with Crippen LogP contribution in [0.4, 0.5) is 5.69 Å². The van der Waals surface area contributed by atoms with Gasteiger partial charge in [0, 0.05) is 12.3 Å². The zero-order chi connectivity index (χ0) is 18.7. The molecule has 1 aliphatic rings. The summed E-state index contributed by atoms with van der Waals surface area (Å²) >= 11 is 0. The average molecular weight is 373 g/mol. The molecule has 26 heavy (non-hydrogen) atoms. The van der Waals surface area contributed by atoms with E-state index >= 15 is 0 Å². The summed E-state index contributed by atoms with van der Waals surface area (Å²) in [5.74, 6) is 0.617. The third kappa shape index (κ3) is 4.35. The first kappa shape index (κ1) is 18.3. The van der Waals surface area contributed by atoms with Crippen molar-refractivity contribution in [1.29, 1.82) is 0 Å². The van der Waals surface area contributed by atoms with E-state index in [1.807, 2.05) is 48.9 Å². The van der Waals surface area contributed by atoms with Crippen molar-refractivity contribution in [3.63, 3.8) is 0 Å². The summed E-state index contributed by atoms with van der Waals surface area (Å²) in [7, 11) is -1.90. The Morgan fingerprint density at radius 3 is 2.81 bits per heavy atom. The largest absolute Gasteiger partial charge is 0.494 e. The smallest absolute Gasteiger partial charge is 0.233 e. The molecule has 1 unspecified atom stereocenters. The highest BCUT2D eigenvalue weighted by molar-refractivity contribution is 7.92. The second-order valence-electron chi connectivity index (χ2n) is 6.50. The second-order valence-corrected chi connectivity index (χ2v) is 8.27. The molecule has 3 rings (SSSR count). The van der Waals surface area contributed by atoms with Crippen molar-refractivity contribution in [2.24, 2.45) is 5.92 Å². The predicted octanol–water partition coefficient (Wildman–Crippen LogP) is 3.45. The number of imidazole rings is 1. The summed E-state index contributed by atoms with van der Waals surface area (Å²) < 4.78 is 34.9. The normalized spacial score (nSPS) is 17.0. The molecule has 0 saturated heterocycles. The zero-order valence-corrected chi connectivity index (χ0v) is 16.0. The Bertz CT molecular complexity index is 958. The monoisotopic (exact) mass is 373 g/mol. The summed E-state index contributed by atoms with van der Waals surface area (Å²) in [6.45, 7) is 3.88. The number of anilines is 1. The van der Waals surface area contributed by atoms with Gasteiger partial charge in [-0.25, -0.2) is 13.4 Å². The quantitative estimate of drug-likeness (QED) is 0.842. The van der Waals surface area contributed by atoms with Gasteiger partial charge in [0.25, 0.3) is 0 Å². The van der Waals surface area contributed by atoms with Crippen LogP contribution in [-0.4, -0.2) is 30.8 Å². The van der Waals surface area contributed by atoms with Gasteiger partial charge in [-0.1, -0.05) is 23.8 Å². The van der Waals surface area contributed by atoms with Gasteiger partial charge >= 0.3 is 0 Å². The minimum Gasteiger partial charge on any atom is -0.494 e. The number of rotatable bonds is 6. The number of nitrogens with zero attached hydrogens (tertiary/aromatic N) is 2. The van der Waals surface area contributed by atoms with Crippen LogP contribution < -0.4 is 9.46 Å². The van der Waals surface area contributed by atoms with E-state index in [-0.39, 0.29) is 11.7 Å². The first-order chi connectivity index (χ1) is 12.4. The maximum Gasteiger partial charge on any atom is 0.233 e. The number of hydrogen-bond acceptors (Lipinski definition) is 4. The Morgan fingerprint density at radius 1 is 1.35 bits per heavy atom. The molecule has 6 nitrogen and oxygen atoms in total. The zero-order valence-electron chi connectivity index (χ0n) is 15.1. The van der Waals surface area contributed by atoms with E-state index in [2.05, 4.69) is 9.71 Å². The predicted molar refractivity (Wildman–Crippen MR) is 103 cm³/mol. The van der Waals surface area contributed by atoms with Crippen molar-refractivity contribution < 1.29 is 13.2 Å². The molecular weight excluding hydrogens is 350 g/mol. The molecule has 1 aliphatic carbocycles. The molecule has 0 amide bonds. The molecule has 0 spiro atoms. The molecule has 138 valence electrons. The van der Waals surface area contributed by atoms with Crippen molar-refractivity contribution in [3.8, 4) is 11.4 Å². The number of aromatic nitrogens is 2. The summed E-state index contributed by atoms with van der Waals surface area (Å²) in [4.78, 5) is 4.21. The molecule has 0 saturated carbocycles. The molecule has 0 aliphatic heterocycles. The maximum atomic E-state index is 12.5. The third-order valence-electron chi connectivity index (χ3n) is 4.19. The Kier molecular flexibility index (Phi) is 5.18. The highest BCUT2D eigenvalue weighted by Gasteiger charge is 2.19. The molecule has 1 aromatic heterocycles. The number of allylic oxidation sites excluding steroid dienone is 4. The van der Waals surface area contributed by atoms with E-state index in [0.29, 0.717) is 11.4 Å². The fourth-order valence-electron chi connectivity index (χ4n) is 3.05. The van der Waals surface area contributed by atoms with Crippen LogP contribution in [0.25, 0.3) is 5.69 Å². The van der Waals surface area contributed by atoms with Crippen molar-refractivity contribution in [3.05, 3.63) is 60.2 Å². The molecule has 7 heteroatoms. The molecule has 1 N–H and O–H groups in total. The van der Waals surface area contributed by atoms with E-state index in [9.17, 15) is 8.42 Å². The molecular formula is C19H23N3O3S. The molecule has 1 aromatic carbocycles. The Labute approximate surface area is 154 Å². The molecule has 2 aromatic rings. The van der Waals surface area contributed by atoms with Crippen LogP contribution in [0, 0.1) is 12.8 Å². The number of aryl methyl sites for hydroxylation is 1. The van der Waals surface area contributed by atoms with Gasteiger partial charge in [-0.3, -0.25) is 4.72 Å². The maximum absolute atomic E-state index is 12.5. The van der Waals surface area contributed by atoms with Gasteiger partial charge in [-0.15, -0.1) is 0 Å². The van der Waals surface area contributed by atoms with Crippen LogP contribution in [0.15, 0.2) is 54.5 Å². The lowest BCUT2D eigenvalue weighted by molar-refractivity contribution is 0.413. The van der Waals surface area contributed by atoms with E-state index in [1.54, 1.807) is 25.6 Å². The van der Waals surface area contributed by atoms with Crippen LogP contribution in [-0.2, 0) is 10.0 Å². The highest BCUT2D eigenvalue weighted by atomic mass is 32.2. The van der Waals surface area contributed by atoms with Gasteiger partial charge in [-0.05, 0) is 38.3 Å². The molecule has 1 heterocycles. The Morgan fingerprint density at radius 2 is 2.15 bits per heavy atom. The minimum absolute atomic E-state index is 0.00686. The van der Waals surface area contributed by atoms with Gasteiger partial charge in [0.2, 0.25) is 10.0 Å². The highest BCUT2D eigenvalue weighted by Crippen LogP contribution is 2.28. The van der Waals surface area contributed by atoms with Gasteiger partial charge < -0.3 is 9.30 Å². The lowest BCUT2D eigenvalue weighted by Crippen LogP contribution is -2.22. The fourth-order valence-corrected chi connectivity index (χ4v) is 4.42. The average Bonchev–Trinajstić information content (AvgIpc) is 3.00.